The maximum Gasteiger partial charge on any atom is 0.287 e. The molecule has 0 aliphatic rings. The number of carbonyl (C=O) groups is 1. The molecule has 1 amide bonds. The van der Waals surface area contributed by atoms with Gasteiger partial charge in [0.05, 0.1) is 0 Å². The first-order valence-electron chi connectivity index (χ1n) is 4.01. The van der Waals surface area contributed by atoms with Gasteiger partial charge < -0.3 is 5.32 Å². The lowest BCUT2D eigenvalue weighted by Gasteiger charge is -1.98. The van der Waals surface area contributed by atoms with Crippen LogP contribution < -0.4 is 10.9 Å². The Labute approximate surface area is 97.5 Å². The molecule has 0 saturated heterocycles. The Morgan fingerprint density at radius 1 is 1.44 bits per heavy atom. The summed E-state index contributed by atoms with van der Waals surface area (Å²) in [6.45, 7) is 0. The second kappa shape index (κ2) is 4.37. The molecule has 0 aromatic carbocycles. The third kappa shape index (κ3) is 2.41. The third-order valence-corrected chi connectivity index (χ3v) is 2.53. The van der Waals surface area contributed by atoms with E-state index in [1.165, 1.54) is 12.1 Å². The zero-order valence-corrected chi connectivity index (χ0v) is 9.17. The lowest BCUT2D eigenvalue weighted by atomic mass is 10.5. The van der Waals surface area contributed by atoms with Gasteiger partial charge in [0.15, 0.2) is 5.82 Å². The minimum Gasteiger partial charge on any atom is -0.303 e. The van der Waals surface area contributed by atoms with Crippen LogP contribution in [0.5, 0.6) is 0 Å². The molecule has 0 bridgehead atoms. The molecule has 0 unspecified atom stereocenters. The SMILES string of the molecule is O=C(Nc1ccc(=O)[nH]n1)c1nnc(Cl)s1. The first-order chi connectivity index (χ1) is 7.65. The van der Waals surface area contributed by atoms with Crippen LogP contribution in [0.3, 0.4) is 0 Å². The van der Waals surface area contributed by atoms with E-state index in [1.807, 2.05) is 0 Å². The predicted octanol–water partition coefficient (Wildman–Crippen LogP) is 0.527. The van der Waals surface area contributed by atoms with Gasteiger partial charge in [0.25, 0.3) is 11.5 Å². The predicted molar refractivity (Wildman–Crippen MR) is 57.7 cm³/mol. The van der Waals surface area contributed by atoms with Crippen molar-refractivity contribution < 1.29 is 4.79 Å². The van der Waals surface area contributed by atoms with E-state index in [9.17, 15) is 9.59 Å². The van der Waals surface area contributed by atoms with Crippen molar-refractivity contribution in [3.05, 3.63) is 32.0 Å². The van der Waals surface area contributed by atoms with Gasteiger partial charge in [-0.2, -0.15) is 5.10 Å². The summed E-state index contributed by atoms with van der Waals surface area (Å²) in [5.74, 6) is -0.264. The molecule has 2 aromatic heterocycles. The molecule has 9 heteroatoms. The summed E-state index contributed by atoms with van der Waals surface area (Å²) in [6, 6.07) is 2.62. The van der Waals surface area contributed by atoms with E-state index in [0.717, 1.165) is 11.3 Å². The van der Waals surface area contributed by atoms with E-state index in [4.69, 9.17) is 11.6 Å². The van der Waals surface area contributed by atoms with Crippen LogP contribution in [0.2, 0.25) is 4.47 Å². The molecule has 0 aliphatic heterocycles. The number of hydrogen-bond donors (Lipinski definition) is 2. The molecule has 2 rings (SSSR count). The van der Waals surface area contributed by atoms with Gasteiger partial charge in [0.2, 0.25) is 9.47 Å². The molecule has 16 heavy (non-hydrogen) atoms. The van der Waals surface area contributed by atoms with Crippen molar-refractivity contribution in [3.8, 4) is 0 Å². The number of H-pyrrole nitrogens is 1. The number of carbonyl (C=O) groups excluding carboxylic acids is 1. The second-order valence-electron chi connectivity index (χ2n) is 2.62. The lowest BCUT2D eigenvalue weighted by molar-refractivity contribution is 0.102. The summed E-state index contributed by atoms with van der Waals surface area (Å²) in [6.07, 6.45) is 0. The summed E-state index contributed by atoms with van der Waals surface area (Å²) >= 11 is 6.48. The van der Waals surface area contributed by atoms with Crippen LogP contribution >= 0.6 is 22.9 Å². The number of halogens is 1. The highest BCUT2D eigenvalue weighted by Gasteiger charge is 2.12. The van der Waals surface area contributed by atoms with Crippen molar-refractivity contribution in [1.29, 1.82) is 0 Å². The van der Waals surface area contributed by atoms with E-state index in [0.29, 0.717) is 0 Å². The smallest absolute Gasteiger partial charge is 0.287 e. The van der Waals surface area contributed by atoms with Gasteiger partial charge >= 0.3 is 0 Å². The van der Waals surface area contributed by atoms with Crippen LogP contribution in [-0.4, -0.2) is 26.3 Å². The van der Waals surface area contributed by atoms with E-state index in [-0.39, 0.29) is 20.9 Å². The lowest BCUT2D eigenvalue weighted by Crippen LogP contribution is -2.15. The number of anilines is 1. The van der Waals surface area contributed by atoms with Crippen molar-refractivity contribution in [1.82, 2.24) is 20.4 Å². The van der Waals surface area contributed by atoms with Crippen molar-refractivity contribution in [3.63, 3.8) is 0 Å². The van der Waals surface area contributed by atoms with Crippen LogP contribution in [-0.2, 0) is 0 Å². The maximum atomic E-state index is 11.5. The monoisotopic (exact) mass is 257 g/mol. The number of nitrogens with zero attached hydrogens (tertiary/aromatic N) is 3. The average molecular weight is 258 g/mol. The zero-order valence-electron chi connectivity index (χ0n) is 7.60. The quantitative estimate of drug-likeness (QED) is 0.817. The van der Waals surface area contributed by atoms with Crippen LogP contribution in [0, 0.1) is 0 Å². The first-order valence-corrected chi connectivity index (χ1v) is 5.21. The first kappa shape index (κ1) is 10.7. The van der Waals surface area contributed by atoms with Gasteiger partial charge in [0.1, 0.15) is 0 Å². The molecule has 2 N–H and O–H groups in total. The molecule has 0 atom stereocenters. The molecule has 0 aliphatic carbocycles. The summed E-state index contributed by atoms with van der Waals surface area (Å²) in [7, 11) is 0. The summed E-state index contributed by atoms with van der Waals surface area (Å²) in [4.78, 5) is 22.2. The number of rotatable bonds is 2. The minimum atomic E-state index is -0.482. The fraction of sp³-hybridized carbons (Fsp3) is 0. The second-order valence-corrected chi connectivity index (χ2v) is 4.18. The fourth-order valence-corrected chi connectivity index (χ4v) is 1.60. The Morgan fingerprint density at radius 3 is 2.81 bits per heavy atom. The van der Waals surface area contributed by atoms with Gasteiger partial charge in [-0.1, -0.05) is 11.3 Å². The number of amides is 1. The topological polar surface area (TPSA) is 101 Å². The molecule has 0 fully saturated rings. The standard InChI is InChI=1S/C7H4ClN5O2S/c8-7-13-12-6(16-7)5(15)9-3-1-2-4(14)11-10-3/h1-2H,(H,11,14)(H,9,10,15). The Bertz CT molecular complexity index is 560. The van der Waals surface area contributed by atoms with Gasteiger partial charge in [-0.3, -0.25) is 9.59 Å². The molecule has 7 nitrogen and oxygen atoms in total. The molecule has 82 valence electrons. The molecule has 0 saturated carbocycles. The van der Waals surface area contributed by atoms with Gasteiger partial charge in [-0.05, 0) is 17.7 Å². The summed E-state index contributed by atoms with van der Waals surface area (Å²) < 4.78 is 0.180. The van der Waals surface area contributed by atoms with E-state index < -0.39 is 5.91 Å². The minimum absolute atomic E-state index is 0.123. The average Bonchev–Trinajstić information content (AvgIpc) is 2.68. The number of hydrogen-bond acceptors (Lipinski definition) is 6. The van der Waals surface area contributed by atoms with Crippen molar-refractivity contribution in [2.75, 3.05) is 5.32 Å². The van der Waals surface area contributed by atoms with Crippen molar-refractivity contribution in [2.24, 2.45) is 0 Å². The number of aromatic amines is 1. The highest BCUT2D eigenvalue weighted by atomic mass is 35.5. The number of nitrogens with one attached hydrogen (secondary N) is 2. The Morgan fingerprint density at radius 2 is 2.25 bits per heavy atom. The summed E-state index contributed by atoms with van der Waals surface area (Å²) in [5, 5.41) is 15.4. The van der Waals surface area contributed by atoms with Crippen LogP contribution in [0.25, 0.3) is 0 Å². The Hall–Kier alpha value is -1.80. The fourth-order valence-electron chi connectivity index (χ4n) is 0.881. The van der Waals surface area contributed by atoms with Crippen molar-refractivity contribution in [2.45, 2.75) is 0 Å². The van der Waals surface area contributed by atoms with E-state index in [2.05, 4.69) is 25.7 Å². The van der Waals surface area contributed by atoms with Crippen LogP contribution in [0.4, 0.5) is 5.82 Å². The molecule has 0 spiro atoms. The normalized spacial score (nSPS) is 10.1. The molecule has 2 aromatic rings. The highest BCUT2D eigenvalue weighted by molar-refractivity contribution is 7.17. The Balaban J connectivity index is 2.13. The maximum absolute atomic E-state index is 11.5. The van der Waals surface area contributed by atoms with Crippen LogP contribution in [0.1, 0.15) is 9.80 Å². The van der Waals surface area contributed by atoms with Gasteiger partial charge in [-0.15, -0.1) is 10.2 Å². The van der Waals surface area contributed by atoms with E-state index in [1.54, 1.807) is 0 Å². The van der Waals surface area contributed by atoms with E-state index >= 15 is 0 Å². The zero-order chi connectivity index (χ0) is 11.5. The Kier molecular flexibility index (Phi) is 2.93. The molecule has 0 radical (unpaired) electrons. The highest BCUT2D eigenvalue weighted by Crippen LogP contribution is 2.15. The number of aromatic nitrogens is 4. The third-order valence-electron chi connectivity index (χ3n) is 1.52. The van der Waals surface area contributed by atoms with Crippen LogP contribution in [0.15, 0.2) is 16.9 Å². The largest absolute Gasteiger partial charge is 0.303 e. The molecular weight excluding hydrogens is 254 g/mol. The molecular formula is C7H4ClN5O2S. The van der Waals surface area contributed by atoms with Crippen molar-refractivity contribution >= 4 is 34.7 Å². The summed E-state index contributed by atoms with van der Waals surface area (Å²) in [5.41, 5.74) is -0.350. The van der Waals surface area contributed by atoms with Gasteiger partial charge in [-0.25, -0.2) is 5.10 Å². The molecule has 2 heterocycles. The van der Waals surface area contributed by atoms with Gasteiger partial charge in [0, 0.05) is 6.07 Å².